The number of carbonyl (C=O) groups is 1. The van der Waals surface area contributed by atoms with E-state index in [0.29, 0.717) is 47.4 Å². The average molecular weight is 698 g/mol. The van der Waals surface area contributed by atoms with E-state index >= 15 is 0 Å². The lowest BCUT2D eigenvalue weighted by Gasteiger charge is -2.33. The molecule has 0 aliphatic carbocycles. The van der Waals surface area contributed by atoms with Crippen LogP contribution >= 0.6 is 0 Å². The van der Waals surface area contributed by atoms with Gasteiger partial charge in [-0.2, -0.15) is 0 Å². The number of hydrogen-bond donors (Lipinski definition) is 0. The zero-order valence-electron chi connectivity index (χ0n) is 30.8. The molecule has 4 aromatic rings. The van der Waals surface area contributed by atoms with Crippen molar-refractivity contribution in [3.8, 4) is 28.7 Å². The lowest BCUT2D eigenvalue weighted by molar-refractivity contribution is 0.0780. The second-order valence-electron chi connectivity index (χ2n) is 13.3. The van der Waals surface area contributed by atoms with E-state index in [1.54, 1.807) is 47.7 Å². The van der Waals surface area contributed by atoms with Gasteiger partial charge >= 0.3 is 0 Å². The first-order chi connectivity index (χ1) is 24.9. The van der Waals surface area contributed by atoms with Crippen LogP contribution in [0.15, 0.2) is 66.7 Å². The molecule has 0 N–H and O–H groups in total. The van der Waals surface area contributed by atoms with Crippen LogP contribution in [0.25, 0.3) is 11.0 Å². The number of likely N-dealkylation sites (tertiary alicyclic amines) is 1. The Balaban J connectivity index is 1.23. The standard InChI is InChI=1S/C40H51N5O6/c1-7-8-20-45-32-13-10-9-12-31(32)41-39(45)43-19-11-18-42(23-24-43)21-16-40(30-14-15-33(47-2)34(27-30)48-3)17-22-44(28-40)38(46)29-25-35(49-4)37(51-6)36(26-29)50-5/h7-10,12-15,25-27H,11,16-24,28H2,1-6H3. The molecular formula is C40H51N5O6. The third-order valence-electron chi connectivity index (χ3n) is 10.5. The van der Waals surface area contributed by atoms with Crippen molar-refractivity contribution < 1.29 is 28.5 Å². The van der Waals surface area contributed by atoms with Crippen molar-refractivity contribution in [1.82, 2.24) is 19.4 Å². The highest BCUT2D eigenvalue weighted by atomic mass is 16.5. The number of nitrogens with zero attached hydrogens (tertiary/aromatic N) is 5. The largest absolute Gasteiger partial charge is 0.493 e. The van der Waals surface area contributed by atoms with Gasteiger partial charge in [0, 0.05) is 50.2 Å². The molecule has 0 radical (unpaired) electrons. The minimum atomic E-state index is -0.275. The molecule has 2 aliphatic heterocycles. The topological polar surface area (TPSA) is 90.8 Å². The van der Waals surface area contributed by atoms with Gasteiger partial charge in [-0.15, -0.1) is 0 Å². The molecule has 272 valence electrons. The molecule has 0 bridgehead atoms. The Hall–Kier alpha value is -4.90. The summed E-state index contributed by atoms with van der Waals surface area (Å²) in [7, 11) is 8.00. The highest BCUT2D eigenvalue weighted by Crippen LogP contribution is 2.43. The molecule has 6 rings (SSSR count). The van der Waals surface area contributed by atoms with Crippen LogP contribution < -0.4 is 28.6 Å². The number of carbonyl (C=O) groups excluding carboxylic acids is 1. The Bertz CT molecular complexity index is 1830. The molecule has 1 amide bonds. The molecule has 0 saturated carbocycles. The van der Waals surface area contributed by atoms with Gasteiger partial charge < -0.3 is 43.0 Å². The van der Waals surface area contributed by atoms with E-state index in [-0.39, 0.29) is 11.3 Å². The van der Waals surface area contributed by atoms with E-state index in [9.17, 15) is 4.79 Å². The van der Waals surface area contributed by atoms with Crippen molar-refractivity contribution in [3.63, 3.8) is 0 Å². The fraction of sp³-hybridized carbons (Fsp3) is 0.450. The van der Waals surface area contributed by atoms with Crippen molar-refractivity contribution in [2.75, 3.05) is 86.3 Å². The van der Waals surface area contributed by atoms with Gasteiger partial charge in [-0.1, -0.05) is 30.4 Å². The number of ether oxygens (including phenoxy) is 5. The summed E-state index contributed by atoms with van der Waals surface area (Å²) >= 11 is 0. The van der Waals surface area contributed by atoms with Crippen molar-refractivity contribution >= 4 is 22.9 Å². The van der Waals surface area contributed by atoms with Crippen LogP contribution in [0.3, 0.4) is 0 Å². The van der Waals surface area contributed by atoms with E-state index in [2.05, 4.69) is 69.8 Å². The Morgan fingerprint density at radius 1 is 0.824 bits per heavy atom. The number of benzene rings is 3. The summed E-state index contributed by atoms with van der Waals surface area (Å²) in [5, 5.41) is 0. The van der Waals surface area contributed by atoms with Crippen LogP contribution in [0.4, 0.5) is 5.95 Å². The summed E-state index contributed by atoms with van der Waals surface area (Å²) in [5.74, 6) is 3.72. The number of methoxy groups -OCH3 is 5. The maximum atomic E-state index is 14.1. The van der Waals surface area contributed by atoms with Gasteiger partial charge in [0.1, 0.15) is 0 Å². The molecule has 1 aromatic heterocycles. The number of amides is 1. The molecule has 11 heteroatoms. The summed E-state index contributed by atoms with van der Waals surface area (Å²) in [6, 6.07) is 18.1. The lowest BCUT2D eigenvalue weighted by Crippen LogP contribution is -2.39. The molecule has 1 atom stereocenters. The van der Waals surface area contributed by atoms with Gasteiger partial charge in [0.2, 0.25) is 11.7 Å². The molecule has 3 aromatic carbocycles. The number of allylic oxidation sites excluding steroid dienone is 2. The highest BCUT2D eigenvalue weighted by molar-refractivity contribution is 5.96. The summed E-state index contributed by atoms with van der Waals surface area (Å²) < 4.78 is 30.3. The van der Waals surface area contributed by atoms with Crippen LogP contribution in [0, 0.1) is 0 Å². The predicted octanol–water partition coefficient (Wildman–Crippen LogP) is 6.04. The summed E-state index contributed by atoms with van der Waals surface area (Å²) in [6.07, 6.45) is 7.04. The van der Waals surface area contributed by atoms with E-state index in [4.69, 9.17) is 28.7 Å². The van der Waals surface area contributed by atoms with E-state index in [0.717, 1.165) is 81.1 Å². The van der Waals surface area contributed by atoms with Gasteiger partial charge in [0.25, 0.3) is 5.91 Å². The van der Waals surface area contributed by atoms with Crippen molar-refractivity contribution in [3.05, 3.63) is 77.9 Å². The Morgan fingerprint density at radius 3 is 2.27 bits per heavy atom. The minimum absolute atomic E-state index is 0.0668. The van der Waals surface area contributed by atoms with Gasteiger partial charge in [0.15, 0.2) is 23.0 Å². The number of rotatable bonds is 13. The van der Waals surface area contributed by atoms with E-state index in [1.165, 1.54) is 0 Å². The summed E-state index contributed by atoms with van der Waals surface area (Å²) in [6.45, 7) is 8.75. The van der Waals surface area contributed by atoms with Crippen LogP contribution in [0.5, 0.6) is 28.7 Å². The quantitative estimate of drug-likeness (QED) is 0.155. The summed E-state index contributed by atoms with van der Waals surface area (Å²) in [4.78, 5) is 26.2. The fourth-order valence-corrected chi connectivity index (χ4v) is 7.64. The maximum absolute atomic E-state index is 14.1. The third-order valence-corrected chi connectivity index (χ3v) is 10.5. The molecule has 0 spiro atoms. The number of anilines is 1. The molecule has 11 nitrogen and oxygen atoms in total. The zero-order valence-corrected chi connectivity index (χ0v) is 30.8. The predicted molar refractivity (Wildman–Crippen MR) is 200 cm³/mol. The number of fused-ring (bicyclic) bond motifs is 1. The second kappa shape index (κ2) is 16.0. The summed E-state index contributed by atoms with van der Waals surface area (Å²) in [5.41, 5.74) is 3.56. The van der Waals surface area contributed by atoms with Gasteiger partial charge in [-0.3, -0.25) is 4.79 Å². The van der Waals surface area contributed by atoms with Crippen molar-refractivity contribution in [1.29, 1.82) is 0 Å². The van der Waals surface area contributed by atoms with Gasteiger partial charge in [0.05, 0.1) is 46.6 Å². The van der Waals surface area contributed by atoms with Crippen LogP contribution in [-0.4, -0.2) is 107 Å². The maximum Gasteiger partial charge on any atom is 0.254 e. The average Bonchev–Trinajstić information content (AvgIpc) is 3.69. The number of hydrogen-bond acceptors (Lipinski definition) is 9. The van der Waals surface area contributed by atoms with Gasteiger partial charge in [-0.25, -0.2) is 4.98 Å². The SMILES string of the molecule is CC=CCn1c(N2CCCN(CCC3(c4ccc(OC)c(OC)c4)CCN(C(=O)c4cc(OC)c(OC)c(OC)c4)C3)CC2)nc2ccccc21. The smallest absolute Gasteiger partial charge is 0.254 e. The molecule has 2 fully saturated rings. The van der Waals surface area contributed by atoms with E-state index < -0.39 is 0 Å². The molecule has 2 aliphatic rings. The number of para-hydroxylation sites is 2. The first kappa shape index (κ1) is 35.9. The normalized spacial score (nSPS) is 18.3. The Morgan fingerprint density at radius 2 is 1.57 bits per heavy atom. The van der Waals surface area contributed by atoms with Crippen molar-refractivity contribution in [2.45, 2.75) is 38.1 Å². The monoisotopic (exact) mass is 697 g/mol. The Kier molecular flexibility index (Phi) is 11.2. The van der Waals surface area contributed by atoms with Crippen LogP contribution in [0.1, 0.15) is 42.1 Å². The van der Waals surface area contributed by atoms with E-state index in [1.807, 2.05) is 11.0 Å². The molecule has 2 saturated heterocycles. The zero-order chi connectivity index (χ0) is 36.0. The molecule has 51 heavy (non-hydrogen) atoms. The van der Waals surface area contributed by atoms with Crippen molar-refractivity contribution in [2.24, 2.45) is 0 Å². The molecular weight excluding hydrogens is 646 g/mol. The third kappa shape index (κ3) is 7.30. The van der Waals surface area contributed by atoms with Crippen LogP contribution in [0.2, 0.25) is 0 Å². The number of aromatic nitrogens is 2. The highest BCUT2D eigenvalue weighted by Gasteiger charge is 2.42. The Labute approximate surface area is 301 Å². The van der Waals surface area contributed by atoms with Crippen LogP contribution in [-0.2, 0) is 12.0 Å². The second-order valence-corrected chi connectivity index (χ2v) is 13.3. The molecule has 1 unspecified atom stereocenters. The van der Waals surface area contributed by atoms with Gasteiger partial charge in [-0.05, 0) is 81.2 Å². The first-order valence-electron chi connectivity index (χ1n) is 17.7. The fourth-order valence-electron chi connectivity index (χ4n) is 7.64. The minimum Gasteiger partial charge on any atom is -0.493 e. The first-order valence-corrected chi connectivity index (χ1v) is 17.7. The molecule has 3 heterocycles. The number of imidazole rings is 1. The lowest BCUT2D eigenvalue weighted by atomic mass is 9.76.